The Morgan fingerprint density at radius 2 is 1.87 bits per heavy atom. The van der Waals surface area contributed by atoms with Crippen LogP contribution in [0.4, 0.5) is 4.79 Å². The van der Waals surface area contributed by atoms with E-state index in [1.165, 1.54) is 7.11 Å². The number of benzene rings is 1. The number of fused-ring (bicyclic) bond motifs is 1. The molecule has 31 heavy (non-hydrogen) atoms. The van der Waals surface area contributed by atoms with Gasteiger partial charge in [0.05, 0.1) is 28.6 Å². The van der Waals surface area contributed by atoms with Crippen LogP contribution in [0.5, 0.6) is 5.75 Å². The van der Waals surface area contributed by atoms with E-state index in [-0.39, 0.29) is 28.4 Å². The van der Waals surface area contributed by atoms with Crippen LogP contribution in [0.3, 0.4) is 0 Å². The lowest BCUT2D eigenvalue weighted by atomic mass is 9.78. The van der Waals surface area contributed by atoms with Crippen LogP contribution in [0, 0.1) is 5.41 Å². The van der Waals surface area contributed by atoms with Crippen LogP contribution in [0.1, 0.15) is 67.9 Å². The molecule has 1 fully saturated rings. The summed E-state index contributed by atoms with van der Waals surface area (Å²) in [7, 11) is 1.49. The van der Waals surface area contributed by atoms with E-state index in [0.717, 1.165) is 5.52 Å². The predicted molar refractivity (Wildman–Crippen MR) is 117 cm³/mol. The molecule has 2 heterocycles. The van der Waals surface area contributed by atoms with Gasteiger partial charge in [-0.05, 0) is 39.3 Å². The van der Waals surface area contributed by atoms with Gasteiger partial charge in [-0.1, -0.05) is 25.4 Å². The molecule has 0 radical (unpaired) electrons. The van der Waals surface area contributed by atoms with Crippen LogP contribution in [0.2, 0.25) is 5.02 Å². The Labute approximate surface area is 186 Å². The Balaban J connectivity index is 1.80. The molecule has 0 N–H and O–H groups in total. The Bertz CT molecular complexity index is 1130. The van der Waals surface area contributed by atoms with Crippen molar-refractivity contribution in [2.24, 2.45) is 5.41 Å². The number of hydrogen-bond acceptors (Lipinski definition) is 5. The van der Waals surface area contributed by atoms with E-state index in [4.69, 9.17) is 21.1 Å². The minimum atomic E-state index is -0.613. The highest BCUT2D eigenvalue weighted by Gasteiger charge is 2.46. The summed E-state index contributed by atoms with van der Waals surface area (Å²) >= 11 is 6.28. The van der Waals surface area contributed by atoms with Crippen molar-refractivity contribution in [3.8, 4) is 5.75 Å². The van der Waals surface area contributed by atoms with Gasteiger partial charge in [0.1, 0.15) is 11.3 Å². The van der Waals surface area contributed by atoms with Gasteiger partial charge >= 0.3 is 6.09 Å². The van der Waals surface area contributed by atoms with Crippen LogP contribution in [-0.2, 0) is 4.74 Å². The summed E-state index contributed by atoms with van der Waals surface area (Å²) in [6, 6.07) is 3.35. The molecular weight excluding hydrogens is 420 g/mol. The number of aromatic nitrogens is 1. The molecule has 0 saturated carbocycles. The molecule has 2 bridgehead atoms. The zero-order valence-corrected chi connectivity index (χ0v) is 19.4. The Morgan fingerprint density at radius 3 is 2.45 bits per heavy atom. The fourth-order valence-corrected chi connectivity index (χ4v) is 5.07. The van der Waals surface area contributed by atoms with E-state index in [1.807, 2.05) is 31.4 Å². The quantitative estimate of drug-likeness (QED) is 0.613. The molecule has 7 nitrogen and oxygen atoms in total. The number of hydrogen-bond donors (Lipinski definition) is 0. The number of carbonyl (C=O) groups excluding carboxylic acids is 3. The van der Waals surface area contributed by atoms with Crippen molar-refractivity contribution in [1.29, 1.82) is 0 Å². The average molecular weight is 447 g/mol. The number of carbonyl (C=O) groups is 3. The number of halogens is 1. The maximum absolute atomic E-state index is 13.1. The van der Waals surface area contributed by atoms with Gasteiger partial charge in [0.25, 0.3) is 5.78 Å². The minimum absolute atomic E-state index is 0.128. The van der Waals surface area contributed by atoms with E-state index in [2.05, 4.69) is 13.8 Å². The first-order chi connectivity index (χ1) is 14.4. The summed E-state index contributed by atoms with van der Waals surface area (Å²) in [6.45, 7) is 10.6. The third-order valence-electron chi connectivity index (χ3n) is 6.06. The van der Waals surface area contributed by atoms with Crippen molar-refractivity contribution < 1.29 is 23.9 Å². The number of Topliss-reactive ketones (excluding diaryl/α,β-unsaturated/α-hetero) is 2. The maximum atomic E-state index is 13.1. The smallest absolute Gasteiger partial charge is 0.410 e. The number of piperidine rings is 1. The number of nitrogens with zero attached hydrogens (tertiary/aromatic N) is 2. The van der Waals surface area contributed by atoms with Gasteiger partial charge < -0.3 is 18.9 Å². The van der Waals surface area contributed by atoms with Crippen LogP contribution in [-0.4, -0.2) is 52.9 Å². The molecule has 4 rings (SSSR count). The highest BCUT2D eigenvalue weighted by atomic mass is 35.5. The van der Waals surface area contributed by atoms with Gasteiger partial charge in [0.2, 0.25) is 5.78 Å². The van der Waals surface area contributed by atoms with Crippen molar-refractivity contribution in [3.63, 3.8) is 0 Å². The molecule has 1 amide bonds. The van der Waals surface area contributed by atoms with Crippen LogP contribution < -0.4 is 4.74 Å². The number of methoxy groups -OCH3 is 1. The Hall–Kier alpha value is -2.54. The van der Waals surface area contributed by atoms with E-state index >= 15 is 0 Å². The molecule has 0 spiro atoms. The molecule has 1 aromatic heterocycles. The summed E-state index contributed by atoms with van der Waals surface area (Å²) < 4.78 is 13.1. The predicted octanol–water partition coefficient (Wildman–Crippen LogP) is 4.89. The summed E-state index contributed by atoms with van der Waals surface area (Å²) in [4.78, 5) is 40.2. The van der Waals surface area contributed by atoms with Gasteiger partial charge in [0.15, 0.2) is 5.75 Å². The SMILES string of the molecule is COc1c2n(C3CCN(C(=O)OC(C)(C)C)CC3(C)C)c3ccc(Cl)c(c13)C(=O)C2=O. The van der Waals surface area contributed by atoms with Crippen LogP contribution >= 0.6 is 11.6 Å². The van der Waals surface area contributed by atoms with E-state index in [1.54, 1.807) is 11.0 Å². The molecule has 8 heteroatoms. The molecular formula is C23H27ClN2O5. The second-order valence-corrected chi connectivity index (χ2v) is 10.3. The first-order valence-corrected chi connectivity index (χ1v) is 10.7. The lowest BCUT2D eigenvalue weighted by Crippen LogP contribution is -2.50. The molecule has 2 aliphatic rings. The summed E-state index contributed by atoms with van der Waals surface area (Å²) in [5, 5.41) is 0.825. The molecule has 1 aliphatic carbocycles. The highest BCUT2D eigenvalue weighted by molar-refractivity contribution is 6.56. The fourth-order valence-electron chi connectivity index (χ4n) is 4.83. The van der Waals surface area contributed by atoms with Gasteiger partial charge in [0, 0.05) is 24.5 Å². The average Bonchev–Trinajstić information content (AvgIpc) is 2.95. The van der Waals surface area contributed by atoms with Crippen molar-refractivity contribution >= 4 is 40.2 Å². The molecule has 1 aliphatic heterocycles. The number of ketones is 2. The van der Waals surface area contributed by atoms with Crippen molar-refractivity contribution in [1.82, 2.24) is 9.47 Å². The molecule has 1 unspecified atom stereocenters. The van der Waals surface area contributed by atoms with Gasteiger partial charge in [-0.15, -0.1) is 0 Å². The summed E-state index contributed by atoms with van der Waals surface area (Å²) in [5.41, 5.74) is 0.247. The van der Waals surface area contributed by atoms with Crippen LogP contribution in [0.15, 0.2) is 12.1 Å². The number of rotatable bonds is 2. The lowest BCUT2D eigenvalue weighted by molar-refractivity contribution is -0.00181. The Morgan fingerprint density at radius 1 is 1.19 bits per heavy atom. The monoisotopic (exact) mass is 446 g/mol. The first kappa shape index (κ1) is 21.7. The highest BCUT2D eigenvalue weighted by Crippen LogP contribution is 2.49. The molecule has 1 aromatic carbocycles. The second kappa shape index (κ2) is 6.99. The second-order valence-electron chi connectivity index (χ2n) is 9.92. The van der Waals surface area contributed by atoms with Crippen molar-refractivity contribution in [2.75, 3.05) is 20.2 Å². The zero-order valence-electron chi connectivity index (χ0n) is 18.7. The maximum Gasteiger partial charge on any atom is 0.410 e. The first-order valence-electron chi connectivity index (χ1n) is 10.3. The summed E-state index contributed by atoms with van der Waals surface area (Å²) in [5.74, 6) is -0.829. The van der Waals surface area contributed by atoms with Gasteiger partial charge in [-0.3, -0.25) is 9.59 Å². The zero-order chi connectivity index (χ0) is 22.9. The topological polar surface area (TPSA) is 77.8 Å². The third-order valence-corrected chi connectivity index (χ3v) is 6.38. The number of ether oxygens (including phenoxy) is 2. The molecule has 166 valence electrons. The lowest BCUT2D eigenvalue weighted by Gasteiger charge is -2.45. The van der Waals surface area contributed by atoms with Crippen molar-refractivity contribution in [2.45, 2.75) is 52.7 Å². The molecule has 1 saturated heterocycles. The van der Waals surface area contributed by atoms with Gasteiger partial charge in [-0.2, -0.15) is 0 Å². The molecule has 1 atom stereocenters. The van der Waals surface area contributed by atoms with Gasteiger partial charge in [-0.25, -0.2) is 4.79 Å². The van der Waals surface area contributed by atoms with Crippen molar-refractivity contribution in [3.05, 3.63) is 28.4 Å². The normalized spacial score (nSPS) is 20.5. The fraction of sp³-hybridized carbons (Fsp3) is 0.522. The van der Waals surface area contributed by atoms with E-state index < -0.39 is 22.6 Å². The third kappa shape index (κ3) is 3.30. The number of amides is 1. The largest absolute Gasteiger partial charge is 0.494 e. The van der Waals surface area contributed by atoms with E-state index in [0.29, 0.717) is 30.6 Å². The van der Waals surface area contributed by atoms with E-state index in [9.17, 15) is 14.4 Å². The minimum Gasteiger partial charge on any atom is -0.494 e. The molecule has 2 aromatic rings. The summed E-state index contributed by atoms with van der Waals surface area (Å²) in [6.07, 6.45) is 0.254. The Kier molecular flexibility index (Phi) is 4.89. The standard InChI is InChI=1S/C23H27ClN2O5/c1-22(2,3)31-21(29)25-10-9-14(23(4,5)11-25)26-13-8-7-12(24)15-16(13)20(30-6)17(26)19(28)18(15)27/h7-8,14H,9-11H2,1-6H3. The van der Waals surface area contributed by atoms with Crippen LogP contribution in [0.25, 0.3) is 10.9 Å². The number of likely N-dealkylation sites (tertiary alicyclic amines) is 1.